The first-order valence-electron chi connectivity index (χ1n) is 7.97. The van der Waals surface area contributed by atoms with Crippen molar-refractivity contribution >= 4 is 23.5 Å². The molecular formula is C16H22N6O2. The van der Waals surface area contributed by atoms with Crippen LogP contribution in [-0.4, -0.2) is 48.0 Å². The molecule has 8 nitrogen and oxygen atoms in total. The molecule has 1 saturated heterocycles. The maximum atomic E-state index is 11.0. The number of anilines is 3. The molecule has 1 fully saturated rings. The summed E-state index contributed by atoms with van der Waals surface area (Å²) in [5, 5.41) is 12.9. The predicted octanol–water partition coefficient (Wildman–Crippen LogP) is 2.04. The molecule has 3 N–H and O–H groups in total. The van der Waals surface area contributed by atoms with Gasteiger partial charge in [-0.05, 0) is 31.4 Å². The van der Waals surface area contributed by atoms with E-state index in [1.165, 1.54) is 7.11 Å². The molecule has 24 heavy (non-hydrogen) atoms. The minimum absolute atomic E-state index is 0.375. The SMILES string of the molecule is COC(=O)NCCC1CN(c2cccc(Nc3cc(C)[nH]n3)n2)C1. The number of aromatic amines is 1. The summed E-state index contributed by atoms with van der Waals surface area (Å²) in [6.45, 7) is 4.48. The van der Waals surface area contributed by atoms with Crippen LogP contribution in [0.1, 0.15) is 12.1 Å². The van der Waals surface area contributed by atoms with E-state index in [1.54, 1.807) is 0 Å². The van der Waals surface area contributed by atoms with Gasteiger partial charge in [-0.2, -0.15) is 5.10 Å². The van der Waals surface area contributed by atoms with Crippen molar-refractivity contribution in [3.05, 3.63) is 30.0 Å². The van der Waals surface area contributed by atoms with Crippen LogP contribution in [0.4, 0.5) is 22.2 Å². The summed E-state index contributed by atoms with van der Waals surface area (Å²) in [6, 6.07) is 7.84. The highest BCUT2D eigenvalue weighted by Crippen LogP contribution is 2.26. The Balaban J connectivity index is 1.48. The second-order valence-corrected chi connectivity index (χ2v) is 5.92. The number of alkyl carbamates (subject to hydrolysis) is 1. The number of aromatic nitrogens is 3. The van der Waals surface area contributed by atoms with Crippen LogP contribution < -0.4 is 15.5 Å². The Morgan fingerprint density at radius 2 is 2.25 bits per heavy atom. The molecule has 1 aliphatic rings. The highest BCUT2D eigenvalue weighted by Gasteiger charge is 2.27. The van der Waals surface area contributed by atoms with Crippen LogP contribution in [0.15, 0.2) is 24.3 Å². The van der Waals surface area contributed by atoms with Gasteiger partial charge in [0.25, 0.3) is 0 Å². The van der Waals surface area contributed by atoms with E-state index >= 15 is 0 Å². The summed E-state index contributed by atoms with van der Waals surface area (Å²) in [7, 11) is 1.37. The second kappa shape index (κ2) is 7.20. The largest absolute Gasteiger partial charge is 0.453 e. The number of H-pyrrole nitrogens is 1. The molecule has 2 aromatic rings. The monoisotopic (exact) mass is 330 g/mol. The average Bonchev–Trinajstić information content (AvgIpc) is 2.94. The lowest BCUT2D eigenvalue weighted by molar-refractivity contribution is 0.170. The van der Waals surface area contributed by atoms with Crippen molar-refractivity contribution in [1.29, 1.82) is 0 Å². The number of carbonyl (C=O) groups excluding carboxylic acids is 1. The number of nitrogens with one attached hydrogen (secondary N) is 3. The summed E-state index contributed by atoms with van der Waals surface area (Å²) >= 11 is 0. The molecule has 8 heteroatoms. The lowest BCUT2D eigenvalue weighted by atomic mass is 9.96. The van der Waals surface area contributed by atoms with Gasteiger partial charge in [-0.3, -0.25) is 5.10 Å². The minimum Gasteiger partial charge on any atom is -0.453 e. The number of ether oxygens (including phenoxy) is 1. The van der Waals surface area contributed by atoms with Gasteiger partial charge in [0, 0.05) is 31.4 Å². The van der Waals surface area contributed by atoms with Crippen molar-refractivity contribution in [1.82, 2.24) is 20.5 Å². The van der Waals surface area contributed by atoms with Crippen molar-refractivity contribution in [2.75, 3.05) is 37.0 Å². The number of amides is 1. The number of hydrogen-bond donors (Lipinski definition) is 3. The van der Waals surface area contributed by atoms with Crippen LogP contribution in [0.5, 0.6) is 0 Å². The smallest absolute Gasteiger partial charge is 0.406 e. The molecule has 0 bridgehead atoms. The molecule has 2 aromatic heterocycles. The van der Waals surface area contributed by atoms with Crippen LogP contribution in [0.25, 0.3) is 0 Å². The molecule has 1 aliphatic heterocycles. The first-order valence-corrected chi connectivity index (χ1v) is 7.97. The average molecular weight is 330 g/mol. The molecule has 0 radical (unpaired) electrons. The fourth-order valence-corrected chi connectivity index (χ4v) is 2.67. The lowest BCUT2D eigenvalue weighted by Gasteiger charge is -2.40. The Morgan fingerprint density at radius 1 is 1.42 bits per heavy atom. The Kier molecular flexibility index (Phi) is 4.83. The maximum absolute atomic E-state index is 11.0. The molecular weight excluding hydrogens is 308 g/mol. The zero-order chi connectivity index (χ0) is 16.9. The summed E-state index contributed by atoms with van der Waals surface area (Å²) in [6.07, 6.45) is 0.566. The highest BCUT2D eigenvalue weighted by atomic mass is 16.5. The van der Waals surface area contributed by atoms with Gasteiger partial charge in [0.2, 0.25) is 0 Å². The van der Waals surface area contributed by atoms with Crippen molar-refractivity contribution in [3.8, 4) is 0 Å². The van der Waals surface area contributed by atoms with Gasteiger partial charge in [0.05, 0.1) is 7.11 Å². The quantitative estimate of drug-likeness (QED) is 0.750. The Morgan fingerprint density at radius 3 is 2.96 bits per heavy atom. The van der Waals surface area contributed by atoms with Crippen LogP contribution in [0.3, 0.4) is 0 Å². The highest BCUT2D eigenvalue weighted by molar-refractivity contribution is 5.66. The summed E-state index contributed by atoms with van der Waals surface area (Å²) in [4.78, 5) is 17.9. The molecule has 3 rings (SSSR count). The van der Waals surface area contributed by atoms with E-state index in [4.69, 9.17) is 0 Å². The van der Waals surface area contributed by atoms with Crippen molar-refractivity contribution in [2.45, 2.75) is 13.3 Å². The fourth-order valence-electron chi connectivity index (χ4n) is 2.67. The first-order chi connectivity index (χ1) is 11.6. The molecule has 0 atom stereocenters. The van der Waals surface area contributed by atoms with Gasteiger partial charge in [0.15, 0.2) is 5.82 Å². The molecule has 0 spiro atoms. The zero-order valence-electron chi connectivity index (χ0n) is 13.9. The van der Waals surface area contributed by atoms with Gasteiger partial charge in [0.1, 0.15) is 11.6 Å². The van der Waals surface area contributed by atoms with E-state index in [9.17, 15) is 4.79 Å². The van der Waals surface area contributed by atoms with Crippen molar-refractivity contribution in [2.24, 2.45) is 5.92 Å². The van der Waals surface area contributed by atoms with E-state index in [0.29, 0.717) is 12.5 Å². The first kappa shape index (κ1) is 16.1. The number of aryl methyl sites for hydroxylation is 1. The number of carbonyl (C=O) groups is 1. The van der Waals surface area contributed by atoms with Gasteiger partial charge < -0.3 is 20.3 Å². The van der Waals surface area contributed by atoms with Crippen molar-refractivity contribution in [3.63, 3.8) is 0 Å². The number of pyridine rings is 1. The van der Waals surface area contributed by atoms with E-state index < -0.39 is 0 Å². The molecule has 3 heterocycles. The Bertz CT molecular complexity index is 695. The Hall–Kier alpha value is -2.77. The third-order valence-corrected chi connectivity index (χ3v) is 3.98. The van der Waals surface area contributed by atoms with Gasteiger partial charge >= 0.3 is 6.09 Å². The molecule has 0 unspecified atom stereocenters. The number of nitrogens with zero attached hydrogens (tertiary/aromatic N) is 3. The third-order valence-electron chi connectivity index (χ3n) is 3.98. The maximum Gasteiger partial charge on any atom is 0.406 e. The van der Waals surface area contributed by atoms with Gasteiger partial charge in [-0.1, -0.05) is 6.07 Å². The Labute approximate surface area is 140 Å². The van der Waals surface area contributed by atoms with Crippen LogP contribution in [-0.2, 0) is 4.74 Å². The fraction of sp³-hybridized carbons (Fsp3) is 0.438. The number of methoxy groups -OCH3 is 1. The van der Waals surface area contributed by atoms with E-state index in [1.807, 2.05) is 31.2 Å². The van der Waals surface area contributed by atoms with Crippen LogP contribution >= 0.6 is 0 Å². The lowest BCUT2D eigenvalue weighted by Crippen LogP contribution is -2.48. The van der Waals surface area contributed by atoms with E-state index in [0.717, 1.165) is 42.7 Å². The summed E-state index contributed by atoms with van der Waals surface area (Å²) < 4.78 is 4.55. The molecule has 0 saturated carbocycles. The molecule has 0 aromatic carbocycles. The van der Waals surface area contributed by atoms with E-state index in [2.05, 4.69) is 35.5 Å². The third kappa shape index (κ3) is 3.95. The van der Waals surface area contributed by atoms with Crippen LogP contribution in [0, 0.1) is 12.8 Å². The number of hydrogen-bond acceptors (Lipinski definition) is 6. The van der Waals surface area contributed by atoms with Crippen molar-refractivity contribution < 1.29 is 9.53 Å². The second-order valence-electron chi connectivity index (χ2n) is 5.92. The summed E-state index contributed by atoms with van der Waals surface area (Å²) in [5.74, 6) is 3.04. The normalized spacial score (nSPS) is 14.2. The predicted molar refractivity (Wildman–Crippen MR) is 91.6 cm³/mol. The minimum atomic E-state index is -0.375. The zero-order valence-corrected chi connectivity index (χ0v) is 13.9. The topological polar surface area (TPSA) is 95.2 Å². The molecule has 128 valence electrons. The molecule has 0 aliphatic carbocycles. The number of rotatable bonds is 6. The standard InChI is InChI=1S/C16H22N6O2/c1-11-8-14(21-20-11)18-13-4-3-5-15(19-13)22-9-12(10-22)6-7-17-16(23)24-2/h3-5,8,12H,6-7,9-10H2,1-2H3,(H,17,23)(H2,18,19,20,21). The summed E-state index contributed by atoms with van der Waals surface area (Å²) in [5.41, 5.74) is 1.000. The van der Waals surface area contributed by atoms with Crippen LogP contribution in [0.2, 0.25) is 0 Å². The van der Waals surface area contributed by atoms with Gasteiger partial charge in [-0.15, -0.1) is 0 Å². The van der Waals surface area contributed by atoms with Gasteiger partial charge in [-0.25, -0.2) is 9.78 Å². The van der Waals surface area contributed by atoms with E-state index in [-0.39, 0.29) is 6.09 Å². The molecule has 1 amide bonds.